The lowest BCUT2D eigenvalue weighted by Crippen LogP contribution is -2.20. The van der Waals surface area contributed by atoms with Crippen molar-refractivity contribution in [3.05, 3.63) is 77.3 Å². The van der Waals surface area contributed by atoms with Crippen molar-refractivity contribution in [2.24, 2.45) is 0 Å². The second kappa shape index (κ2) is 7.74. The van der Waals surface area contributed by atoms with Crippen molar-refractivity contribution in [3.8, 4) is 17.2 Å². The van der Waals surface area contributed by atoms with Gasteiger partial charge in [-0.3, -0.25) is 4.79 Å². The zero-order valence-electron chi connectivity index (χ0n) is 15.1. The maximum Gasteiger partial charge on any atom is 0.262 e. The van der Waals surface area contributed by atoms with Crippen LogP contribution < -0.4 is 10.1 Å². The van der Waals surface area contributed by atoms with Crippen molar-refractivity contribution in [1.29, 1.82) is 0 Å². The van der Waals surface area contributed by atoms with E-state index in [-0.39, 0.29) is 12.5 Å². The Balaban J connectivity index is 1.44. The van der Waals surface area contributed by atoms with Crippen LogP contribution in [-0.2, 0) is 4.79 Å². The summed E-state index contributed by atoms with van der Waals surface area (Å²) in [4.78, 5) is 16.7. The first kappa shape index (κ1) is 18.1. The number of nitrogens with one attached hydrogen (secondary N) is 1. The standard InChI is InChI=1S/C22H17ClN2O3/c1-14-11-16(23)9-10-19(14)27-13-21(26)24-17-6-4-5-15(12-17)22-25-18-7-2-3-8-20(18)28-22/h2-12H,13H2,1H3,(H,24,26). The van der Waals surface area contributed by atoms with E-state index in [0.29, 0.717) is 22.4 Å². The molecule has 1 aromatic heterocycles. The second-order valence-corrected chi connectivity index (χ2v) is 6.75. The van der Waals surface area contributed by atoms with Crippen LogP contribution in [0.3, 0.4) is 0 Å². The number of carbonyl (C=O) groups excluding carboxylic acids is 1. The van der Waals surface area contributed by atoms with Crippen LogP contribution >= 0.6 is 11.6 Å². The number of nitrogens with zero attached hydrogens (tertiary/aromatic N) is 1. The van der Waals surface area contributed by atoms with Gasteiger partial charge in [-0.05, 0) is 61.0 Å². The maximum absolute atomic E-state index is 12.3. The summed E-state index contributed by atoms with van der Waals surface area (Å²) in [6.45, 7) is 1.78. The van der Waals surface area contributed by atoms with Gasteiger partial charge in [-0.25, -0.2) is 4.98 Å². The highest BCUT2D eigenvalue weighted by Crippen LogP contribution is 2.26. The number of rotatable bonds is 5. The van der Waals surface area contributed by atoms with Gasteiger partial charge in [0.2, 0.25) is 5.89 Å². The molecule has 1 heterocycles. The molecule has 1 amide bonds. The highest BCUT2D eigenvalue weighted by atomic mass is 35.5. The summed E-state index contributed by atoms with van der Waals surface area (Å²) in [5.41, 5.74) is 3.81. The van der Waals surface area contributed by atoms with E-state index < -0.39 is 0 Å². The number of aromatic nitrogens is 1. The van der Waals surface area contributed by atoms with E-state index in [1.165, 1.54) is 0 Å². The lowest BCUT2D eigenvalue weighted by Gasteiger charge is -2.10. The van der Waals surface area contributed by atoms with Gasteiger partial charge < -0.3 is 14.5 Å². The summed E-state index contributed by atoms with van der Waals surface area (Å²) in [6, 6.07) is 20.2. The minimum Gasteiger partial charge on any atom is -0.483 e. The molecule has 0 aliphatic rings. The number of benzene rings is 3. The second-order valence-electron chi connectivity index (χ2n) is 6.31. The van der Waals surface area contributed by atoms with Crippen LogP contribution in [-0.4, -0.2) is 17.5 Å². The summed E-state index contributed by atoms with van der Waals surface area (Å²) in [7, 11) is 0. The molecule has 0 atom stereocenters. The fourth-order valence-electron chi connectivity index (χ4n) is 2.84. The maximum atomic E-state index is 12.3. The first-order valence-electron chi connectivity index (χ1n) is 8.73. The fraction of sp³-hybridized carbons (Fsp3) is 0.0909. The SMILES string of the molecule is Cc1cc(Cl)ccc1OCC(=O)Nc1cccc(-c2nc3ccccc3o2)c1. The van der Waals surface area contributed by atoms with E-state index >= 15 is 0 Å². The lowest BCUT2D eigenvalue weighted by molar-refractivity contribution is -0.118. The smallest absolute Gasteiger partial charge is 0.262 e. The number of para-hydroxylation sites is 2. The van der Waals surface area contributed by atoms with Crippen LogP contribution in [0.1, 0.15) is 5.56 Å². The van der Waals surface area contributed by atoms with E-state index in [2.05, 4.69) is 10.3 Å². The van der Waals surface area contributed by atoms with Gasteiger partial charge in [-0.1, -0.05) is 29.8 Å². The molecule has 0 fully saturated rings. The van der Waals surface area contributed by atoms with Gasteiger partial charge in [0.15, 0.2) is 12.2 Å². The third-order valence-corrected chi connectivity index (χ3v) is 4.42. The van der Waals surface area contributed by atoms with Crippen LogP contribution in [0.2, 0.25) is 5.02 Å². The zero-order valence-corrected chi connectivity index (χ0v) is 15.9. The van der Waals surface area contributed by atoms with Gasteiger partial charge in [-0.15, -0.1) is 0 Å². The Labute approximate surface area is 166 Å². The predicted molar refractivity (Wildman–Crippen MR) is 110 cm³/mol. The molecule has 1 N–H and O–H groups in total. The zero-order chi connectivity index (χ0) is 19.5. The minimum absolute atomic E-state index is 0.102. The summed E-state index contributed by atoms with van der Waals surface area (Å²) in [6.07, 6.45) is 0. The van der Waals surface area contributed by atoms with Crippen LogP contribution in [0.5, 0.6) is 5.75 Å². The van der Waals surface area contributed by atoms with Crippen LogP contribution in [0.15, 0.2) is 71.1 Å². The van der Waals surface area contributed by atoms with Crippen LogP contribution in [0.25, 0.3) is 22.6 Å². The van der Waals surface area contributed by atoms with E-state index in [1.54, 1.807) is 24.3 Å². The van der Waals surface area contributed by atoms with Gasteiger partial charge >= 0.3 is 0 Å². The van der Waals surface area contributed by atoms with Crippen molar-refractivity contribution in [2.45, 2.75) is 6.92 Å². The molecule has 4 rings (SSSR count). The van der Waals surface area contributed by atoms with Crippen molar-refractivity contribution < 1.29 is 13.9 Å². The fourth-order valence-corrected chi connectivity index (χ4v) is 3.07. The van der Waals surface area contributed by atoms with E-state index in [4.69, 9.17) is 20.8 Å². The predicted octanol–water partition coefficient (Wildman–Crippen LogP) is 5.47. The number of oxazole rings is 1. The summed E-state index contributed by atoms with van der Waals surface area (Å²) < 4.78 is 11.4. The highest BCUT2D eigenvalue weighted by Gasteiger charge is 2.10. The van der Waals surface area contributed by atoms with Crippen molar-refractivity contribution in [1.82, 2.24) is 4.98 Å². The molecule has 0 saturated carbocycles. The molecular weight excluding hydrogens is 376 g/mol. The monoisotopic (exact) mass is 392 g/mol. The number of halogens is 1. The number of amides is 1. The Hall–Kier alpha value is -3.31. The van der Waals surface area contributed by atoms with Gasteiger partial charge in [0.25, 0.3) is 5.91 Å². The molecule has 140 valence electrons. The number of anilines is 1. The average Bonchev–Trinajstić information content (AvgIpc) is 3.12. The molecule has 4 aromatic rings. The van der Waals surface area contributed by atoms with E-state index in [9.17, 15) is 4.79 Å². The van der Waals surface area contributed by atoms with Crippen molar-refractivity contribution >= 4 is 34.3 Å². The Kier molecular flexibility index (Phi) is 5.00. The first-order chi connectivity index (χ1) is 13.6. The minimum atomic E-state index is -0.260. The molecular formula is C22H17ClN2O3. The molecule has 0 unspecified atom stereocenters. The third-order valence-electron chi connectivity index (χ3n) is 4.18. The average molecular weight is 393 g/mol. The normalized spacial score (nSPS) is 10.8. The summed E-state index contributed by atoms with van der Waals surface area (Å²) >= 11 is 5.93. The Morgan fingerprint density at radius 3 is 2.79 bits per heavy atom. The third kappa shape index (κ3) is 4.00. The van der Waals surface area contributed by atoms with Crippen LogP contribution in [0.4, 0.5) is 5.69 Å². The molecule has 0 saturated heterocycles. The molecule has 28 heavy (non-hydrogen) atoms. The molecule has 0 radical (unpaired) electrons. The van der Waals surface area contributed by atoms with Gasteiger partial charge in [0.1, 0.15) is 11.3 Å². The molecule has 6 heteroatoms. The molecule has 0 aliphatic carbocycles. The Morgan fingerprint density at radius 1 is 1.11 bits per heavy atom. The summed E-state index contributed by atoms with van der Waals surface area (Å²) in [5.74, 6) is 0.870. The van der Waals surface area contributed by atoms with Crippen LogP contribution in [0, 0.1) is 6.92 Å². The molecule has 0 spiro atoms. The molecule has 0 bridgehead atoms. The van der Waals surface area contributed by atoms with Crippen molar-refractivity contribution in [3.63, 3.8) is 0 Å². The number of hydrogen-bond donors (Lipinski definition) is 1. The molecule has 0 aliphatic heterocycles. The quantitative estimate of drug-likeness (QED) is 0.488. The highest BCUT2D eigenvalue weighted by molar-refractivity contribution is 6.30. The number of ether oxygens (including phenoxy) is 1. The number of hydrogen-bond acceptors (Lipinski definition) is 4. The van der Waals surface area contributed by atoms with Gasteiger partial charge in [0, 0.05) is 16.3 Å². The van der Waals surface area contributed by atoms with Crippen molar-refractivity contribution in [2.75, 3.05) is 11.9 Å². The summed E-state index contributed by atoms with van der Waals surface area (Å²) in [5, 5.41) is 3.46. The number of fused-ring (bicyclic) bond motifs is 1. The van der Waals surface area contributed by atoms with E-state index in [1.807, 2.05) is 49.4 Å². The van der Waals surface area contributed by atoms with E-state index in [0.717, 1.165) is 22.2 Å². The Morgan fingerprint density at radius 2 is 1.96 bits per heavy atom. The lowest BCUT2D eigenvalue weighted by atomic mass is 10.2. The number of aryl methyl sites for hydroxylation is 1. The van der Waals surface area contributed by atoms with Gasteiger partial charge in [-0.2, -0.15) is 0 Å². The molecule has 3 aromatic carbocycles. The number of carbonyl (C=O) groups is 1. The van der Waals surface area contributed by atoms with Gasteiger partial charge in [0.05, 0.1) is 0 Å². The largest absolute Gasteiger partial charge is 0.483 e. The molecule has 5 nitrogen and oxygen atoms in total. The Bertz CT molecular complexity index is 1120. The topological polar surface area (TPSA) is 64.4 Å². The first-order valence-corrected chi connectivity index (χ1v) is 9.11.